The molecule has 0 unspecified atom stereocenters. The molecule has 24 heavy (non-hydrogen) atoms. The van der Waals surface area contributed by atoms with Crippen molar-refractivity contribution in [1.82, 2.24) is 30.4 Å². The second-order valence-corrected chi connectivity index (χ2v) is 4.33. The van der Waals surface area contributed by atoms with Gasteiger partial charge >= 0.3 is 11.9 Å². The average Bonchev–Trinajstić information content (AvgIpc) is 3.15. The summed E-state index contributed by atoms with van der Waals surface area (Å²) >= 11 is 0. The summed E-state index contributed by atoms with van der Waals surface area (Å²) in [6, 6.07) is 0. The molecule has 0 saturated carbocycles. The number of aromatic nitrogens is 6. The Morgan fingerprint density at radius 2 is 1.29 bits per heavy atom. The Morgan fingerprint density at radius 1 is 0.875 bits per heavy atom. The fraction of sp³-hybridized carbons (Fsp3) is 0.500. The molecule has 2 rings (SSSR count). The van der Waals surface area contributed by atoms with Crippen molar-refractivity contribution in [3.8, 4) is 0 Å². The number of nitrogens with zero attached hydrogens (tertiary/aromatic N) is 6. The first-order valence-corrected chi connectivity index (χ1v) is 7.16. The molecule has 0 saturated heterocycles. The van der Waals surface area contributed by atoms with Crippen molar-refractivity contribution in [1.29, 1.82) is 0 Å². The number of H-pyrrole nitrogens is 2. The molecular formula is C12H16N8O4. The number of rotatable bonds is 8. The van der Waals surface area contributed by atoms with Gasteiger partial charge in [0.05, 0.1) is 13.2 Å². The van der Waals surface area contributed by atoms with E-state index in [1.165, 1.54) is 0 Å². The summed E-state index contributed by atoms with van der Waals surface area (Å²) in [6.45, 7) is 4.01. The Kier molecular flexibility index (Phi) is 6.05. The molecule has 0 aliphatic heterocycles. The molecule has 12 nitrogen and oxygen atoms in total. The molecule has 0 aromatic carbocycles. The monoisotopic (exact) mass is 336 g/mol. The van der Waals surface area contributed by atoms with Crippen LogP contribution in [0.4, 0.5) is 11.9 Å². The number of esters is 2. The van der Waals surface area contributed by atoms with E-state index in [0.29, 0.717) is 24.9 Å². The van der Waals surface area contributed by atoms with Gasteiger partial charge < -0.3 is 9.47 Å². The summed E-state index contributed by atoms with van der Waals surface area (Å²) in [5, 5.41) is 20.1. The highest BCUT2D eigenvalue weighted by molar-refractivity contribution is 5.71. The molecular weight excluding hydrogens is 320 g/mol. The lowest BCUT2D eigenvalue weighted by molar-refractivity contribution is -0.143. The highest BCUT2D eigenvalue weighted by Crippen LogP contribution is 2.10. The van der Waals surface area contributed by atoms with Crippen LogP contribution >= 0.6 is 0 Å². The number of hydrogen-bond donors (Lipinski definition) is 2. The Balaban J connectivity index is 1.92. The van der Waals surface area contributed by atoms with Crippen LogP contribution in [0.3, 0.4) is 0 Å². The Labute approximate surface area is 136 Å². The fourth-order valence-electron chi connectivity index (χ4n) is 1.60. The minimum Gasteiger partial charge on any atom is -0.466 e. The van der Waals surface area contributed by atoms with E-state index in [1.807, 2.05) is 0 Å². The number of ether oxygens (including phenoxy) is 2. The van der Waals surface area contributed by atoms with Crippen LogP contribution in [-0.4, -0.2) is 55.5 Å². The van der Waals surface area contributed by atoms with Crippen LogP contribution in [-0.2, 0) is 31.9 Å². The Morgan fingerprint density at radius 3 is 1.67 bits per heavy atom. The van der Waals surface area contributed by atoms with Gasteiger partial charge in [-0.05, 0) is 13.8 Å². The van der Waals surface area contributed by atoms with Gasteiger partial charge in [-0.25, -0.2) is 0 Å². The topological polar surface area (TPSA) is 160 Å². The molecule has 0 spiro atoms. The highest BCUT2D eigenvalue weighted by atomic mass is 16.5. The van der Waals surface area contributed by atoms with Crippen molar-refractivity contribution in [3.63, 3.8) is 0 Å². The van der Waals surface area contributed by atoms with Gasteiger partial charge in [-0.1, -0.05) is 0 Å². The zero-order valence-corrected chi connectivity index (χ0v) is 13.1. The second kappa shape index (κ2) is 8.45. The lowest BCUT2D eigenvalue weighted by atomic mass is 10.4. The van der Waals surface area contributed by atoms with Crippen molar-refractivity contribution in [2.45, 2.75) is 26.7 Å². The van der Waals surface area contributed by atoms with Gasteiger partial charge in [0, 0.05) is 0 Å². The molecule has 2 heterocycles. The third kappa shape index (κ3) is 5.23. The van der Waals surface area contributed by atoms with Gasteiger partial charge in [0.1, 0.15) is 24.5 Å². The first-order valence-electron chi connectivity index (χ1n) is 7.16. The lowest BCUT2D eigenvalue weighted by Crippen LogP contribution is -2.08. The maximum Gasteiger partial charge on any atom is 0.313 e. The normalized spacial score (nSPS) is 10.9. The zero-order valence-electron chi connectivity index (χ0n) is 13.1. The van der Waals surface area contributed by atoms with Gasteiger partial charge in [-0.2, -0.15) is 9.97 Å². The summed E-state index contributed by atoms with van der Waals surface area (Å²) in [6.07, 6.45) is -0.0819. The number of hydrogen-bond acceptors (Lipinski definition) is 10. The minimum absolute atomic E-state index is 0.0195. The summed E-state index contributed by atoms with van der Waals surface area (Å²) in [5.74, 6) is -0.192. The van der Waals surface area contributed by atoms with E-state index in [-0.39, 0.29) is 24.7 Å². The van der Waals surface area contributed by atoms with E-state index in [1.54, 1.807) is 13.8 Å². The first kappa shape index (κ1) is 17.2. The van der Waals surface area contributed by atoms with Crippen LogP contribution in [0.25, 0.3) is 0 Å². The molecule has 0 bridgehead atoms. The largest absolute Gasteiger partial charge is 0.466 e. The molecule has 2 N–H and O–H groups in total. The second-order valence-electron chi connectivity index (χ2n) is 4.33. The van der Waals surface area contributed by atoms with Gasteiger partial charge in [-0.15, -0.1) is 20.4 Å². The van der Waals surface area contributed by atoms with E-state index < -0.39 is 11.9 Å². The predicted molar refractivity (Wildman–Crippen MR) is 77.6 cm³/mol. The quantitative estimate of drug-likeness (QED) is 0.521. The standard InChI is InChI=1S/C12H16N8O4/c1-3-23-9(21)5-7-13-11(17-15-7)19-20-12-14-8(16-18-12)6-10(22)24-4-2/h3-6H2,1-2H3,(H,13,15,17)(H,14,16,18)/b20-19+. The molecule has 0 atom stereocenters. The van der Waals surface area contributed by atoms with Crippen LogP contribution in [0, 0.1) is 0 Å². The fourth-order valence-corrected chi connectivity index (χ4v) is 1.60. The number of carbonyl (C=O) groups is 2. The highest BCUT2D eigenvalue weighted by Gasteiger charge is 2.10. The Hall–Kier alpha value is -3.18. The number of nitrogens with one attached hydrogen (secondary N) is 2. The van der Waals surface area contributed by atoms with Gasteiger partial charge in [-0.3, -0.25) is 19.8 Å². The van der Waals surface area contributed by atoms with Crippen molar-refractivity contribution < 1.29 is 19.1 Å². The van der Waals surface area contributed by atoms with Crippen molar-refractivity contribution in [2.24, 2.45) is 10.2 Å². The lowest BCUT2D eigenvalue weighted by Gasteiger charge is -1.97. The van der Waals surface area contributed by atoms with E-state index in [0.717, 1.165) is 0 Å². The molecule has 0 aliphatic carbocycles. The molecule has 2 aromatic rings. The van der Waals surface area contributed by atoms with Gasteiger partial charge in [0.15, 0.2) is 0 Å². The SMILES string of the molecule is CCOC(=O)Cc1nc(/N=N/c2n[nH]c(CC(=O)OCC)n2)n[nH]1. The third-order valence-electron chi connectivity index (χ3n) is 2.50. The van der Waals surface area contributed by atoms with E-state index in [4.69, 9.17) is 9.47 Å². The summed E-state index contributed by atoms with van der Waals surface area (Å²) in [7, 11) is 0. The Bertz CT molecular complexity index is 662. The van der Waals surface area contributed by atoms with Gasteiger partial charge in [0.2, 0.25) is 0 Å². The third-order valence-corrected chi connectivity index (χ3v) is 2.50. The smallest absolute Gasteiger partial charge is 0.313 e. The van der Waals surface area contributed by atoms with E-state index >= 15 is 0 Å². The minimum atomic E-state index is -0.422. The number of carbonyl (C=O) groups excluding carboxylic acids is 2. The molecule has 0 radical (unpaired) electrons. The summed E-state index contributed by atoms with van der Waals surface area (Å²) in [5.41, 5.74) is 0. The van der Waals surface area contributed by atoms with Crippen LogP contribution in [0.5, 0.6) is 0 Å². The molecule has 2 aromatic heterocycles. The maximum atomic E-state index is 11.3. The van der Waals surface area contributed by atoms with Crippen molar-refractivity contribution >= 4 is 23.8 Å². The van der Waals surface area contributed by atoms with Crippen LogP contribution in [0.2, 0.25) is 0 Å². The summed E-state index contributed by atoms with van der Waals surface area (Å²) in [4.78, 5) is 30.5. The first-order chi connectivity index (χ1) is 11.6. The van der Waals surface area contributed by atoms with Crippen LogP contribution in [0.1, 0.15) is 25.5 Å². The van der Waals surface area contributed by atoms with E-state index in [2.05, 4.69) is 40.6 Å². The van der Waals surface area contributed by atoms with Crippen molar-refractivity contribution in [2.75, 3.05) is 13.2 Å². The van der Waals surface area contributed by atoms with Gasteiger partial charge in [0.25, 0.3) is 11.9 Å². The molecule has 0 aliphatic rings. The molecule has 128 valence electrons. The van der Waals surface area contributed by atoms with Crippen LogP contribution < -0.4 is 0 Å². The van der Waals surface area contributed by atoms with Crippen LogP contribution in [0.15, 0.2) is 10.2 Å². The van der Waals surface area contributed by atoms with E-state index in [9.17, 15) is 9.59 Å². The maximum absolute atomic E-state index is 11.3. The summed E-state index contributed by atoms with van der Waals surface area (Å²) < 4.78 is 9.59. The average molecular weight is 336 g/mol. The molecule has 12 heteroatoms. The number of azo groups is 1. The predicted octanol–water partition coefficient (Wildman–Crippen LogP) is 0.549. The molecule has 0 amide bonds. The zero-order chi connectivity index (χ0) is 17.4. The van der Waals surface area contributed by atoms with Crippen molar-refractivity contribution in [3.05, 3.63) is 11.6 Å². The molecule has 0 fully saturated rings. The number of aromatic amines is 2.